The third-order valence-corrected chi connectivity index (χ3v) is 14.6. The quantitative estimate of drug-likeness (QED) is 0.163. The highest BCUT2D eigenvalue weighted by molar-refractivity contribution is 6.12. The van der Waals surface area contributed by atoms with Gasteiger partial charge in [-0.25, -0.2) is 0 Å². The molecule has 2 unspecified atom stereocenters. The van der Waals surface area contributed by atoms with Gasteiger partial charge in [0.25, 0.3) is 0 Å². The zero-order valence-corrected chi connectivity index (χ0v) is 35.6. The average Bonchev–Trinajstić information content (AvgIpc) is 4.00. The SMILES string of the molecule is c1ccc(-c2ccc(C3c4ccccc4-c4cc5c(cc43)C(c3cccc4ccccc34)c3ccc(-c4ccc6c(c4)c4ccccc4n6-c4cccc6ccccc46)cc3-5)cc2)cc1. The van der Waals surface area contributed by atoms with Crippen LogP contribution in [0.1, 0.15) is 45.2 Å². The van der Waals surface area contributed by atoms with E-state index in [1.54, 1.807) is 0 Å². The second-order valence-corrected chi connectivity index (χ2v) is 17.9. The molecule has 0 radical (unpaired) electrons. The molecule has 2 atom stereocenters. The predicted molar refractivity (Wildman–Crippen MR) is 272 cm³/mol. The highest BCUT2D eigenvalue weighted by atomic mass is 15.0. The molecule has 0 spiro atoms. The Kier molecular flexibility index (Phi) is 7.88. The summed E-state index contributed by atoms with van der Waals surface area (Å²) < 4.78 is 2.45. The number of hydrogen-bond donors (Lipinski definition) is 0. The fraction of sp³-hybridized carbons (Fsp3) is 0.0312. The minimum Gasteiger partial charge on any atom is -0.309 e. The van der Waals surface area contributed by atoms with Crippen LogP contribution >= 0.6 is 0 Å². The van der Waals surface area contributed by atoms with Gasteiger partial charge in [-0.3, -0.25) is 0 Å². The first-order valence-electron chi connectivity index (χ1n) is 22.8. The van der Waals surface area contributed by atoms with Crippen molar-refractivity contribution >= 4 is 43.4 Å². The number of nitrogens with zero attached hydrogens (tertiary/aromatic N) is 1. The van der Waals surface area contributed by atoms with E-state index in [0.29, 0.717) is 0 Å². The number of hydrogen-bond acceptors (Lipinski definition) is 0. The van der Waals surface area contributed by atoms with Gasteiger partial charge in [0.1, 0.15) is 0 Å². The molecule has 0 N–H and O–H groups in total. The van der Waals surface area contributed by atoms with Crippen LogP contribution in [0.25, 0.3) is 93.5 Å². The molecule has 0 saturated carbocycles. The standard InChI is InChI=1S/C64H41N/c1-2-14-40(15-3-1)41-28-30-44(31-29-41)63-52-24-9-8-22-49(52)55-38-56-54-36-45(32-34-53(54)64(59(56)39-58(55)63)51-25-12-18-42-16-4-6-20-47(42)51)46-33-35-62-57(37-46)50-23-10-11-26-61(50)65(62)60-27-13-19-43-17-5-7-21-48(43)60/h1-39,63-64H. The van der Waals surface area contributed by atoms with Gasteiger partial charge in [0, 0.05) is 28.0 Å². The van der Waals surface area contributed by atoms with E-state index in [4.69, 9.17) is 0 Å². The Morgan fingerprint density at radius 3 is 1.68 bits per heavy atom. The topological polar surface area (TPSA) is 4.93 Å². The molecule has 1 heteroatoms. The summed E-state index contributed by atoms with van der Waals surface area (Å²) in [6.45, 7) is 0. The first kappa shape index (κ1) is 36.2. The van der Waals surface area contributed by atoms with Crippen molar-refractivity contribution in [3.8, 4) is 50.2 Å². The van der Waals surface area contributed by atoms with Crippen molar-refractivity contribution in [2.24, 2.45) is 0 Å². The molecule has 0 saturated heterocycles. The summed E-state index contributed by atoms with van der Waals surface area (Å²) in [5, 5.41) is 7.61. The second-order valence-electron chi connectivity index (χ2n) is 17.9. The van der Waals surface area contributed by atoms with Gasteiger partial charge in [-0.1, -0.05) is 200 Å². The molecule has 302 valence electrons. The summed E-state index contributed by atoms with van der Waals surface area (Å²) in [6.07, 6.45) is 0. The molecule has 1 aromatic heterocycles. The maximum atomic E-state index is 2.58. The van der Waals surface area contributed by atoms with Crippen molar-refractivity contribution < 1.29 is 0 Å². The zero-order valence-electron chi connectivity index (χ0n) is 35.6. The summed E-state index contributed by atoms with van der Waals surface area (Å²) in [7, 11) is 0. The predicted octanol–water partition coefficient (Wildman–Crippen LogP) is 16.7. The first-order valence-corrected chi connectivity index (χ1v) is 22.8. The van der Waals surface area contributed by atoms with Gasteiger partial charge >= 0.3 is 0 Å². The van der Waals surface area contributed by atoms with E-state index in [2.05, 4.69) is 241 Å². The van der Waals surface area contributed by atoms with E-state index in [9.17, 15) is 0 Å². The number of para-hydroxylation sites is 1. The van der Waals surface area contributed by atoms with Crippen LogP contribution < -0.4 is 0 Å². The van der Waals surface area contributed by atoms with Gasteiger partial charge in [0.05, 0.1) is 16.7 Å². The van der Waals surface area contributed by atoms with Gasteiger partial charge in [0.2, 0.25) is 0 Å². The van der Waals surface area contributed by atoms with Crippen molar-refractivity contribution in [1.82, 2.24) is 4.57 Å². The van der Waals surface area contributed by atoms with Gasteiger partial charge in [-0.15, -0.1) is 0 Å². The molecular formula is C64H41N. The summed E-state index contributed by atoms with van der Waals surface area (Å²) in [5.74, 6) is 0.239. The monoisotopic (exact) mass is 823 g/mol. The van der Waals surface area contributed by atoms with Crippen LogP contribution in [0.2, 0.25) is 0 Å². The van der Waals surface area contributed by atoms with E-state index in [0.717, 1.165) is 0 Å². The molecule has 0 aliphatic heterocycles. The van der Waals surface area contributed by atoms with Gasteiger partial charge in [-0.05, 0) is 130 Å². The molecule has 2 aliphatic rings. The average molecular weight is 824 g/mol. The lowest BCUT2D eigenvalue weighted by Crippen LogP contribution is -2.03. The largest absolute Gasteiger partial charge is 0.309 e. The number of fused-ring (bicyclic) bond motifs is 11. The van der Waals surface area contributed by atoms with E-state index in [-0.39, 0.29) is 11.8 Å². The third-order valence-electron chi connectivity index (χ3n) is 14.6. The molecular weight excluding hydrogens is 783 g/mol. The summed E-state index contributed by atoms with van der Waals surface area (Å²) in [6, 6.07) is 88.6. The lowest BCUT2D eigenvalue weighted by Gasteiger charge is -2.20. The minimum atomic E-state index is 0.0939. The highest BCUT2D eigenvalue weighted by Crippen LogP contribution is 2.56. The van der Waals surface area contributed by atoms with Crippen LogP contribution in [0.5, 0.6) is 0 Å². The molecule has 0 fully saturated rings. The molecule has 14 rings (SSSR count). The van der Waals surface area contributed by atoms with Crippen molar-refractivity contribution in [2.45, 2.75) is 11.8 Å². The van der Waals surface area contributed by atoms with Crippen molar-refractivity contribution in [1.29, 1.82) is 0 Å². The Balaban J connectivity index is 0.955. The molecule has 0 amide bonds. The molecule has 12 aromatic rings. The highest BCUT2D eigenvalue weighted by Gasteiger charge is 2.37. The smallest absolute Gasteiger partial charge is 0.0541 e. The third kappa shape index (κ3) is 5.46. The van der Waals surface area contributed by atoms with Crippen molar-refractivity contribution in [2.75, 3.05) is 0 Å². The fourth-order valence-corrected chi connectivity index (χ4v) is 11.6. The first-order chi connectivity index (χ1) is 32.2. The normalized spacial score (nSPS) is 14.8. The van der Waals surface area contributed by atoms with Crippen LogP contribution in [0.3, 0.4) is 0 Å². The fourth-order valence-electron chi connectivity index (χ4n) is 11.6. The van der Waals surface area contributed by atoms with Crippen molar-refractivity contribution in [3.05, 3.63) is 270 Å². The molecule has 0 bridgehead atoms. The summed E-state index contributed by atoms with van der Waals surface area (Å²) in [4.78, 5) is 0. The molecule has 1 heterocycles. The molecule has 11 aromatic carbocycles. The Hall–Kier alpha value is -8.26. The Morgan fingerprint density at radius 2 is 0.815 bits per heavy atom. The molecule has 2 aliphatic carbocycles. The maximum Gasteiger partial charge on any atom is 0.0541 e. The van der Waals surface area contributed by atoms with Gasteiger partial charge in [0.15, 0.2) is 0 Å². The molecule has 65 heavy (non-hydrogen) atoms. The lowest BCUT2D eigenvalue weighted by atomic mass is 9.83. The van der Waals surface area contributed by atoms with Crippen LogP contribution in [-0.2, 0) is 0 Å². The van der Waals surface area contributed by atoms with Gasteiger partial charge < -0.3 is 4.57 Å². The van der Waals surface area contributed by atoms with E-state index in [1.807, 2.05) is 0 Å². The van der Waals surface area contributed by atoms with Crippen LogP contribution in [-0.4, -0.2) is 4.57 Å². The van der Waals surface area contributed by atoms with Gasteiger partial charge in [-0.2, -0.15) is 0 Å². The Bertz CT molecular complexity index is 3880. The zero-order chi connectivity index (χ0) is 42.6. The number of benzene rings is 11. The maximum absolute atomic E-state index is 2.58. The van der Waals surface area contributed by atoms with E-state index in [1.165, 1.54) is 127 Å². The van der Waals surface area contributed by atoms with E-state index >= 15 is 0 Å². The van der Waals surface area contributed by atoms with Crippen LogP contribution in [0, 0.1) is 0 Å². The Labute approximate surface area is 378 Å². The second kappa shape index (κ2) is 14.1. The number of aromatic nitrogens is 1. The minimum absolute atomic E-state index is 0.0939. The summed E-state index contributed by atoms with van der Waals surface area (Å²) in [5.41, 5.74) is 22.1. The van der Waals surface area contributed by atoms with Crippen LogP contribution in [0.15, 0.2) is 237 Å². The summed E-state index contributed by atoms with van der Waals surface area (Å²) >= 11 is 0. The number of rotatable bonds is 5. The van der Waals surface area contributed by atoms with E-state index < -0.39 is 0 Å². The lowest BCUT2D eigenvalue weighted by molar-refractivity contribution is 0.987. The molecule has 1 nitrogen and oxygen atoms in total. The van der Waals surface area contributed by atoms with Crippen LogP contribution in [0.4, 0.5) is 0 Å². The Morgan fingerprint density at radius 1 is 0.262 bits per heavy atom. The van der Waals surface area contributed by atoms with Crippen molar-refractivity contribution in [3.63, 3.8) is 0 Å².